The Bertz CT molecular complexity index is 1120. The van der Waals surface area contributed by atoms with E-state index in [-0.39, 0.29) is 54.5 Å². The lowest BCUT2D eigenvalue weighted by molar-refractivity contribution is -0.158. The van der Waals surface area contributed by atoms with Crippen LogP contribution in [0.4, 0.5) is 0 Å². The highest BCUT2D eigenvalue weighted by atomic mass is 16.5. The fraction of sp³-hybridized carbons (Fsp3) is 0.536. The number of amides is 2. The number of allylic oxidation sites excluding steroid dienone is 2. The Kier molecular flexibility index (Phi) is 10.2. The summed E-state index contributed by atoms with van der Waals surface area (Å²) in [5.74, 6) is -1.76. The number of oxazole rings is 1. The van der Waals surface area contributed by atoms with Crippen LogP contribution in [0, 0.1) is 11.8 Å². The van der Waals surface area contributed by atoms with Crippen molar-refractivity contribution in [2.45, 2.75) is 71.6 Å². The summed E-state index contributed by atoms with van der Waals surface area (Å²) in [4.78, 5) is 56.6. The molecular formula is C28H37N3O7. The maximum atomic E-state index is 13.2. The van der Waals surface area contributed by atoms with Gasteiger partial charge in [0.05, 0.1) is 12.5 Å². The topological polar surface area (TPSA) is 139 Å². The fourth-order valence-corrected chi connectivity index (χ4v) is 4.66. The SMILES string of the molecule is CC1=C/[C@@H](O)CC(=O)Cc2nc(co2)C(=O)N2CCCC2C(=O)O[C@H](C(C)C)[C@H](C)/C=C\C(=O)NC/C=C\1. The number of nitrogens with zero attached hydrogens (tertiary/aromatic N) is 2. The molecule has 2 aliphatic heterocycles. The average Bonchev–Trinajstić information content (AvgIpc) is 3.52. The lowest BCUT2D eigenvalue weighted by atomic mass is 9.94. The van der Waals surface area contributed by atoms with Crippen LogP contribution in [0.1, 0.15) is 63.3 Å². The average molecular weight is 528 g/mol. The summed E-state index contributed by atoms with van der Waals surface area (Å²) in [5.41, 5.74) is 0.739. The molecule has 1 aromatic rings. The largest absolute Gasteiger partial charge is 0.460 e. The first-order chi connectivity index (χ1) is 18.0. The molecule has 1 aromatic heterocycles. The number of aromatic nitrogens is 1. The number of esters is 1. The minimum absolute atomic E-state index is 0.00930. The number of hydrogen-bond acceptors (Lipinski definition) is 8. The van der Waals surface area contributed by atoms with Crippen molar-refractivity contribution in [3.05, 3.63) is 53.8 Å². The molecule has 2 aliphatic rings. The molecular weight excluding hydrogens is 490 g/mol. The van der Waals surface area contributed by atoms with E-state index in [1.54, 1.807) is 31.2 Å². The van der Waals surface area contributed by atoms with Gasteiger partial charge in [0.15, 0.2) is 5.69 Å². The normalized spacial score (nSPS) is 29.7. The maximum Gasteiger partial charge on any atom is 0.329 e. The Hall–Kier alpha value is -3.53. The van der Waals surface area contributed by atoms with Crippen LogP contribution in [-0.4, -0.2) is 69.9 Å². The van der Waals surface area contributed by atoms with E-state index in [9.17, 15) is 24.3 Å². The van der Waals surface area contributed by atoms with Crippen molar-refractivity contribution in [3.63, 3.8) is 0 Å². The van der Waals surface area contributed by atoms with Gasteiger partial charge >= 0.3 is 5.97 Å². The molecule has 10 nitrogen and oxygen atoms in total. The van der Waals surface area contributed by atoms with Gasteiger partial charge in [0.2, 0.25) is 11.8 Å². The molecule has 0 aromatic carbocycles. The quantitative estimate of drug-likeness (QED) is 0.531. The second-order valence-electron chi connectivity index (χ2n) is 10.2. The second-order valence-corrected chi connectivity index (χ2v) is 10.2. The van der Waals surface area contributed by atoms with Gasteiger partial charge in [0, 0.05) is 25.4 Å². The monoisotopic (exact) mass is 527 g/mol. The summed E-state index contributed by atoms with van der Waals surface area (Å²) >= 11 is 0. The number of ether oxygens (including phenoxy) is 1. The van der Waals surface area contributed by atoms with Crippen LogP contribution in [0.2, 0.25) is 0 Å². The van der Waals surface area contributed by atoms with Crippen LogP contribution in [0.5, 0.6) is 0 Å². The van der Waals surface area contributed by atoms with Crippen molar-refractivity contribution < 1.29 is 33.4 Å². The maximum absolute atomic E-state index is 13.2. The first-order valence-electron chi connectivity index (χ1n) is 13.0. The molecule has 0 radical (unpaired) electrons. The molecule has 10 heteroatoms. The van der Waals surface area contributed by atoms with Gasteiger partial charge in [0.25, 0.3) is 5.91 Å². The zero-order chi connectivity index (χ0) is 27.8. The van der Waals surface area contributed by atoms with Gasteiger partial charge in [0.1, 0.15) is 24.2 Å². The molecule has 3 rings (SSSR count). The molecule has 1 saturated heterocycles. The van der Waals surface area contributed by atoms with Gasteiger partial charge in [-0.3, -0.25) is 14.4 Å². The van der Waals surface area contributed by atoms with Crippen LogP contribution in [0.3, 0.4) is 0 Å². The predicted octanol–water partition coefficient (Wildman–Crippen LogP) is 2.53. The van der Waals surface area contributed by atoms with Crippen LogP contribution in [-0.2, 0) is 25.5 Å². The summed E-state index contributed by atoms with van der Waals surface area (Å²) in [6, 6.07) is -0.761. The highest BCUT2D eigenvalue weighted by Gasteiger charge is 2.38. The van der Waals surface area contributed by atoms with E-state index in [0.29, 0.717) is 19.4 Å². The highest BCUT2D eigenvalue weighted by molar-refractivity contribution is 5.95. The Morgan fingerprint density at radius 2 is 1.95 bits per heavy atom. The number of fused-ring (bicyclic) bond motifs is 3. The molecule has 0 aliphatic carbocycles. The van der Waals surface area contributed by atoms with E-state index in [2.05, 4.69) is 10.3 Å². The fourth-order valence-electron chi connectivity index (χ4n) is 4.66. The lowest BCUT2D eigenvalue weighted by Crippen LogP contribution is -2.44. The highest BCUT2D eigenvalue weighted by Crippen LogP contribution is 2.25. The van der Waals surface area contributed by atoms with Crippen LogP contribution in [0.15, 0.2) is 46.6 Å². The minimum atomic E-state index is -1.01. The Morgan fingerprint density at radius 3 is 2.68 bits per heavy atom. The van der Waals surface area contributed by atoms with Crippen molar-refractivity contribution >= 4 is 23.6 Å². The molecule has 206 valence electrons. The van der Waals surface area contributed by atoms with E-state index in [0.717, 1.165) is 5.57 Å². The lowest BCUT2D eigenvalue weighted by Gasteiger charge is -2.29. The summed E-state index contributed by atoms with van der Waals surface area (Å²) in [6.45, 7) is 8.16. The minimum Gasteiger partial charge on any atom is -0.460 e. The van der Waals surface area contributed by atoms with E-state index in [1.807, 2.05) is 20.8 Å². The third-order valence-electron chi connectivity index (χ3n) is 6.55. The zero-order valence-electron chi connectivity index (χ0n) is 22.4. The summed E-state index contributed by atoms with van der Waals surface area (Å²) in [5, 5.41) is 13.0. The number of carbonyl (C=O) groups is 4. The number of aliphatic hydroxyl groups excluding tert-OH is 1. The van der Waals surface area contributed by atoms with E-state index in [4.69, 9.17) is 9.15 Å². The third kappa shape index (κ3) is 7.98. The van der Waals surface area contributed by atoms with Gasteiger partial charge in [-0.25, -0.2) is 9.78 Å². The molecule has 2 amide bonds. The van der Waals surface area contributed by atoms with Crippen LogP contribution < -0.4 is 5.32 Å². The number of hydrogen-bond donors (Lipinski definition) is 2. The van der Waals surface area contributed by atoms with E-state index in [1.165, 1.54) is 17.2 Å². The van der Waals surface area contributed by atoms with Gasteiger partial charge < -0.3 is 24.5 Å². The van der Waals surface area contributed by atoms with Gasteiger partial charge in [-0.1, -0.05) is 50.6 Å². The second kappa shape index (κ2) is 13.3. The third-order valence-corrected chi connectivity index (χ3v) is 6.55. The molecule has 1 fully saturated rings. The first kappa shape index (κ1) is 29.0. The summed E-state index contributed by atoms with van der Waals surface area (Å²) in [7, 11) is 0. The van der Waals surface area contributed by atoms with Crippen molar-refractivity contribution in [1.82, 2.24) is 15.2 Å². The number of ketones is 1. The van der Waals surface area contributed by atoms with Crippen molar-refractivity contribution in [3.8, 4) is 0 Å². The smallest absolute Gasteiger partial charge is 0.329 e. The van der Waals surface area contributed by atoms with E-state index < -0.39 is 30.1 Å². The van der Waals surface area contributed by atoms with Crippen molar-refractivity contribution in [2.75, 3.05) is 13.1 Å². The summed E-state index contributed by atoms with van der Waals surface area (Å²) in [6.07, 6.45) is 8.62. The number of Topliss-reactive ketones (excluding diaryl/α,β-unsaturated/α-hetero) is 1. The molecule has 3 heterocycles. The summed E-state index contributed by atoms with van der Waals surface area (Å²) < 4.78 is 11.2. The number of nitrogens with one attached hydrogen (secondary N) is 1. The van der Waals surface area contributed by atoms with Gasteiger partial charge in [-0.2, -0.15) is 0 Å². The molecule has 2 N–H and O–H groups in total. The van der Waals surface area contributed by atoms with E-state index >= 15 is 0 Å². The van der Waals surface area contributed by atoms with Gasteiger partial charge in [-0.05, 0) is 31.8 Å². The number of rotatable bonds is 1. The molecule has 0 saturated carbocycles. The van der Waals surface area contributed by atoms with Crippen LogP contribution >= 0.6 is 0 Å². The zero-order valence-corrected chi connectivity index (χ0v) is 22.4. The van der Waals surface area contributed by atoms with Crippen molar-refractivity contribution in [2.24, 2.45) is 11.8 Å². The Labute approximate surface area is 222 Å². The van der Waals surface area contributed by atoms with Crippen LogP contribution in [0.25, 0.3) is 0 Å². The standard InChI is InChI=1S/C28H37N3O7/c1-17(2)26-19(4)9-10-24(34)29-11-5-7-18(3)13-20(32)14-21(33)15-25-30-22(16-37-25)27(35)31-12-6-8-23(31)28(36)38-26/h5,7,9-10,13,16-17,19-20,23,26,32H,6,8,11-12,14-15H2,1-4H3,(H,29,34)/b7-5-,10-9-,18-13-/t19-,20-,23?,26-/m1/s1. The number of cyclic esters (lactones) is 1. The number of carbonyl (C=O) groups excluding carboxylic acids is 4. The van der Waals surface area contributed by atoms with Gasteiger partial charge in [-0.15, -0.1) is 0 Å². The molecule has 2 bridgehead atoms. The Morgan fingerprint density at radius 1 is 1.18 bits per heavy atom. The predicted molar refractivity (Wildman–Crippen MR) is 139 cm³/mol. The number of aliphatic hydroxyl groups is 1. The molecule has 38 heavy (non-hydrogen) atoms. The van der Waals surface area contributed by atoms with Crippen molar-refractivity contribution in [1.29, 1.82) is 0 Å². The molecule has 4 atom stereocenters. The Balaban J connectivity index is 1.85. The molecule has 0 spiro atoms. The first-order valence-corrected chi connectivity index (χ1v) is 13.0. The molecule has 1 unspecified atom stereocenters.